The fraction of sp³-hybridized carbons (Fsp3) is 0.400. The average Bonchev–Trinajstić information content (AvgIpc) is 2.46. The molecule has 3 nitrogen and oxygen atoms in total. The third kappa shape index (κ3) is 3.00. The second-order valence-corrected chi connectivity index (χ2v) is 5.34. The van der Waals surface area contributed by atoms with Gasteiger partial charge in [-0.1, -0.05) is 18.5 Å². The van der Waals surface area contributed by atoms with Gasteiger partial charge in [0.25, 0.3) is 0 Å². The van der Waals surface area contributed by atoms with E-state index in [1.807, 2.05) is 18.2 Å². The maximum atomic E-state index is 6.06. The van der Waals surface area contributed by atoms with E-state index < -0.39 is 0 Å². The summed E-state index contributed by atoms with van der Waals surface area (Å²) in [5.74, 6) is 1.14. The molecule has 20 heavy (non-hydrogen) atoms. The zero-order valence-corrected chi connectivity index (χ0v) is 13.1. The van der Waals surface area contributed by atoms with Gasteiger partial charge in [0, 0.05) is 36.6 Å². The van der Waals surface area contributed by atoms with Gasteiger partial charge in [0.2, 0.25) is 0 Å². The summed E-state index contributed by atoms with van der Waals surface area (Å²) in [5.41, 5.74) is 2.33. The zero-order chi connectivity index (χ0) is 13.2. The number of hydrogen-bond acceptors (Lipinski definition) is 3. The normalized spacial score (nSPS) is 15.2. The van der Waals surface area contributed by atoms with Crippen LogP contribution in [-0.4, -0.2) is 31.2 Å². The Morgan fingerprint density at radius 3 is 2.70 bits per heavy atom. The number of aromatic nitrogens is 1. The van der Waals surface area contributed by atoms with Crippen LogP contribution in [0.2, 0.25) is 5.02 Å². The van der Waals surface area contributed by atoms with Crippen LogP contribution in [0.4, 0.5) is 5.82 Å². The molecule has 0 bridgehead atoms. The van der Waals surface area contributed by atoms with E-state index in [4.69, 9.17) is 16.6 Å². The van der Waals surface area contributed by atoms with E-state index in [1.165, 1.54) is 5.56 Å². The fourth-order valence-corrected chi connectivity index (χ4v) is 2.77. The van der Waals surface area contributed by atoms with Gasteiger partial charge in [-0.25, -0.2) is 4.98 Å². The summed E-state index contributed by atoms with van der Waals surface area (Å²) in [6, 6.07) is 8.13. The summed E-state index contributed by atoms with van der Waals surface area (Å²) in [6.07, 6.45) is 0.995. The minimum absolute atomic E-state index is 0. The average molecular weight is 312 g/mol. The van der Waals surface area contributed by atoms with Gasteiger partial charge in [0.15, 0.2) is 0 Å². The molecule has 0 aliphatic carbocycles. The maximum Gasteiger partial charge on any atom is 0.132 e. The molecule has 1 aliphatic rings. The SMILES string of the molecule is CCc1cc2cc(Cl)ccc2nc1N1CCNCC1.Cl. The number of aryl methyl sites for hydroxylation is 1. The number of nitrogens with one attached hydrogen (secondary N) is 1. The number of nitrogens with zero attached hydrogens (tertiary/aromatic N) is 2. The molecule has 2 aromatic rings. The number of piperazine rings is 1. The lowest BCUT2D eigenvalue weighted by atomic mass is 10.1. The highest BCUT2D eigenvalue weighted by atomic mass is 35.5. The third-order valence-corrected chi connectivity index (χ3v) is 3.87. The van der Waals surface area contributed by atoms with Crippen molar-refractivity contribution in [1.29, 1.82) is 0 Å². The van der Waals surface area contributed by atoms with Crippen LogP contribution in [0.1, 0.15) is 12.5 Å². The Bertz CT molecular complexity index is 595. The van der Waals surface area contributed by atoms with Crippen molar-refractivity contribution in [2.45, 2.75) is 13.3 Å². The molecule has 0 unspecified atom stereocenters. The zero-order valence-electron chi connectivity index (χ0n) is 11.5. The molecule has 1 saturated heterocycles. The van der Waals surface area contributed by atoms with Crippen LogP contribution in [0, 0.1) is 0 Å². The van der Waals surface area contributed by atoms with E-state index in [2.05, 4.69) is 23.2 Å². The Morgan fingerprint density at radius 2 is 2.00 bits per heavy atom. The summed E-state index contributed by atoms with van der Waals surface area (Å²) in [4.78, 5) is 7.23. The molecule has 1 N–H and O–H groups in total. The van der Waals surface area contributed by atoms with Crippen molar-refractivity contribution >= 4 is 40.7 Å². The third-order valence-electron chi connectivity index (χ3n) is 3.63. The van der Waals surface area contributed by atoms with E-state index in [1.54, 1.807) is 0 Å². The first-order valence-corrected chi connectivity index (χ1v) is 7.20. The number of rotatable bonds is 2. The quantitative estimate of drug-likeness (QED) is 0.922. The van der Waals surface area contributed by atoms with Gasteiger partial charge in [-0.3, -0.25) is 0 Å². The van der Waals surface area contributed by atoms with Crippen molar-refractivity contribution in [2.75, 3.05) is 31.1 Å². The molecule has 1 aromatic heterocycles. The van der Waals surface area contributed by atoms with Gasteiger partial charge in [0.1, 0.15) is 5.82 Å². The number of fused-ring (bicyclic) bond motifs is 1. The van der Waals surface area contributed by atoms with Gasteiger partial charge in [0.05, 0.1) is 5.52 Å². The molecule has 2 heterocycles. The molecule has 0 saturated carbocycles. The molecule has 3 rings (SSSR count). The van der Waals surface area contributed by atoms with Gasteiger partial charge >= 0.3 is 0 Å². The lowest BCUT2D eigenvalue weighted by Gasteiger charge is -2.30. The largest absolute Gasteiger partial charge is 0.354 e. The Balaban J connectivity index is 0.00000147. The van der Waals surface area contributed by atoms with E-state index in [-0.39, 0.29) is 12.4 Å². The highest BCUT2D eigenvalue weighted by molar-refractivity contribution is 6.31. The Hall–Kier alpha value is -1.03. The van der Waals surface area contributed by atoms with Crippen LogP contribution >= 0.6 is 24.0 Å². The lowest BCUT2D eigenvalue weighted by Crippen LogP contribution is -2.44. The molecule has 0 radical (unpaired) electrons. The van der Waals surface area contributed by atoms with Crippen LogP contribution in [0.15, 0.2) is 24.3 Å². The number of anilines is 1. The van der Waals surface area contributed by atoms with Crippen molar-refractivity contribution < 1.29 is 0 Å². The van der Waals surface area contributed by atoms with Crippen LogP contribution in [-0.2, 0) is 6.42 Å². The Labute approximate surface area is 130 Å². The molecule has 108 valence electrons. The Kier molecular flexibility index (Phi) is 5.08. The molecule has 0 atom stereocenters. The summed E-state index contributed by atoms with van der Waals surface area (Å²) in [7, 11) is 0. The summed E-state index contributed by atoms with van der Waals surface area (Å²) in [5, 5.41) is 5.28. The van der Waals surface area contributed by atoms with Crippen LogP contribution in [0.5, 0.6) is 0 Å². The first-order valence-electron chi connectivity index (χ1n) is 6.83. The second kappa shape index (κ2) is 6.61. The first-order chi connectivity index (χ1) is 9.28. The molecule has 5 heteroatoms. The van der Waals surface area contributed by atoms with Gasteiger partial charge < -0.3 is 10.2 Å². The second-order valence-electron chi connectivity index (χ2n) is 4.90. The van der Waals surface area contributed by atoms with E-state index in [0.29, 0.717) is 0 Å². The predicted octanol–water partition coefficient (Wildman–Crippen LogP) is 3.28. The number of pyridine rings is 1. The number of benzene rings is 1. The van der Waals surface area contributed by atoms with Crippen LogP contribution in [0.25, 0.3) is 10.9 Å². The van der Waals surface area contributed by atoms with Crippen molar-refractivity contribution in [2.24, 2.45) is 0 Å². The standard InChI is InChI=1S/C15H18ClN3.ClH/c1-2-11-9-12-10-13(16)3-4-14(12)18-15(11)19-7-5-17-6-8-19;/h3-4,9-10,17H,2,5-8H2,1H3;1H. The van der Waals surface area contributed by atoms with Crippen molar-refractivity contribution in [3.8, 4) is 0 Å². The number of halogens is 2. The van der Waals surface area contributed by atoms with E-state index in [0.717, 1.165) is 54.3 Å². The van der Waals surface area contributed by atoms with Crippen LogP contribution in [0.3, 0.4) is 0 Å². The van der Waals surface area contributed by atoms with Crippen LogP contribution < -0.4 is 10.2 Å². The smallest absolute Gasteiger partial charge is 0.132 e. The molecule has 1 aliphatic heterocycles. The van der Waals surface area contributed by atoms with E-state index in [9.17, 15) is 0 Å². The van der Waals surface area contributed by atoms with Crippen molar-refractivity contribution in [1.82, 2.24) is 10.3 Å². The van der Waals surface area contributed by atoms with Gasteiger partial charge in [-0.15, -0.1) is 12.4 Å². The summed E-state index contributed by atoms with van der Waals surface area (Å²) in [6.45, 7) is 6.30. The van der Waals surface area contributed by atoms with E-state index >= 15 is 0 Å². The molecular weight excluding hydrogens is 293 g/mol. The van der Waals surface area contributed by atoms with Gasteiger partial charge in [-0.2, -0.15) is 0 Å². The lowest BCUT2D eigenvalue weighted by molar-refractivity contribution is 0.584. The predicted molar refractivity (Wildman–Crippen MR) is 88.5 cm³/mol. The highest BCUT2D eigenvalue weighted by Gasteiger charge is 2.15. The van der Waals surface area contributed by atoms with Crippen molar-refractivity contribution in [3.63, 3.8) is 0 Å². The maximum absolute atomic E-state index is 6.06. The minimum atomic E-state index is 0. The molecular formula is C15H19Cl2N3. The Morgan fingerprint density at radius 1 is 1.25 bits per heavy atom. The summed E-state index contributed by atoms with van der Waals surface area (Å²) < 4.78 is 0. The fourth-order valence-electron chi connectivity index (χ4n) is 2.59. The van der Waals surface area contributed by atoms with Gasteiger partial charge in [-0.05, 0) is 36.2 Å². The molecule has 0 spiro atoms. The number of hydrogen-bond donors (Lipinski definition) is 1. The highest BCUT2D eigenvalue weighted by Crippen LogP contribution is 2.26. The molecule has 1 fully saturated rings. The first kappa shape index (κ1) is 15.4. The molecule has 0 amide bonds. The van der Waals surface area contributed by atoms with Crippen molar-refractivity contribution in [3.05, 3.63) is 34.9 Å². The molecule has 1 aromatic carbocycles. The monoisotopic (exact) mass is 311 g/mol. The minimum Gasteiger partial charge on any atom is -0.354 e. The topological polar surface area (TPSA) is 28.2 Å². The summed E-state index contributed by atoms with van der Waals surface area (Å²) >= 11 is 6.06.